The summed E-state index contributed by atoms with van der Waals surface area (Å²) >= 11 is 6.35. The van der Waals surface area contributed by atoms with Crippen LogP contribution in [0.25, 0.3) is 0 Å². The molecule has 0 amide bonds. The van der Waals surface area contributed by atoms with E-state index in [2.05, 4.69) is 30.9 Å². The molecular formula is C17H21Cl. The molecule has 0 atom stereocenters. The van der Waals surface area contributed by atoms with Gasteiger partial charge in [-0.05, 0) is 61.3 Å². The summed E-state index contributed by atoms with van der Waals surface area (Å²) in [5.41, 5.74) is 4.26. The molecule has 18 heavy (non-hydrogen) atoms. The Kier molecular flexibility index (Phi) is 5.14. The Bertz CT molecular complexity index is 462. The molecule has 1 aromatic carbocycles. The molecule has 0 saturated carbocycles. The standard InChI is InChI=1S/C17H21Cl/c1-2-3-4-5-6-11-16-12-14-9-7-8-10-15(14)13-17(16)18/h12-13H,2-3,6-11H2,1H3. The Labute approximate surface area is 116 Å². The van der Waals surface area contributed by atoms with Crippen molar-refractivity contribution >= 4 is 11.6 Å². The first-order valence-electron chi connectivity index (χ1n) is 7.07. The molecule has 1 aliphatic rings. The number of benzene rings is 1. The van der Waals surface area contributed by atoms with Gasteiger partial charge in [0.1, 0.15) is 0 Å². The van der Waals surface area contributed by atoms with Gasteiger partial charge in [-0.2, -0.15) is 0 Å². The minimum Gasteiger partial charge on any atom is -0.103 e. The van der Waals surface area contributed by atoms with Crippen molar-refractivity contribution in [1.29, 1.82) is 0 Å². The number of rotatable bonds is 3. The van der Waals surface area contributed by atoms with Crippen molar-refractivity contribution in [2.24, 2.45) is 0 Å². The number of unbranched alkanes of at least 4 members (excludes halogenated alkanes) is 1. The van der Waals surface area contributed by atoms with Crippen molar-refractivity contribution in [1.82, 2.24) is 0 Å². The fourth-order valence-corrected chi connectivity index (χ4v) is 2.78. The Balaban J connectivity index is 2.02. The average Bonchev–Trinajstić information content (AvgIpc) is 2.39. The maximum Gasteiger partial charge on any atom is 0.0441 e. The minimum absolute atomic E-state index is 0.929. The largest absolute Gasteiger partial charge is 0.103 e. The van der Waals surface area contributed by atoms with Crippen LogP contribution < -0.4 is 0 Å². The first-order valence-corrected chi connectivity index (χ1v) is 7.45. The van der Waals surface area contributed by atoms with Gasteiger partial charge in [-0.25, -0.2) is 0 Å². The highest BCUT2D eigenvalue weighted by molar-refractivity contribution is 6.31. The van der Waals surface area contributed by atoms with Crippen LogP contribution in [0.1, 0.15) is 55.7 Å². The monoisotopic (exact) mass is 260 g/mol. The van der Waals surface area contributed by atoms with E-state index in [1.54, 1.807) is 0 Å². The zero-order valence-corrected chi connectivity index (χ0v) is 11.9. The van der Waals surface area contributed by atoms with Crippen molar-refractivity contribution in [2.75, 3.05) is 0 Å². The zero-order chi connectivity index (χ0) is 12.8. The van der Waals surface area contributed by atoms with Crippen molar-refractivity contribution in [3.05, 3.63) is 33.8 Å². The maximum atomic E-state index is 6.35. The lowest BCUT2D eigenvalue weighted by atomic mass is 9.89. The molecule has 96 valence electrons. The van der Waals surface area contributed by atoms with E-state index in [4.69, 9.17) is 11.6 Å². The summed E-state index contributed by atoms with van der Waals surface area (Å²) < 4.78 is 0. The van der Waals surface area contributed by atoms with E-state index in [0.717, 1.165) is 30.7 Å². The highest BCUT2D eigenvalue weighted by Gasteiger charge is 2.12. The molecule has 1 aliphatic carbocycles. The van der Waals surface area contributed by atoms with Crippen molar-refractivity contribution in [3.63, 3.8) is 0 Å². The fourth-order valence-electron chi connectivity index (χ4n) is 2.50. The summed E-state index contributed by atoms with van der Waals surface area (Å²) in [5.74, 6) is 6.43. The van der Waals surface area contributed by atoms with Crippen LogP contribution in [0.5, 0.6) is 0 Å². The van der Waals surface area contributed by atoms with E-state index in [0.29, 0.717) is 0 Å². The van der Waals surface area contributed by atoms with Crippen molar-refractivity contribution in [2.45, 2.75) is 58.3 Å². The molecule has 0 N–H and O–H groups in total. The van der Waals surface area contributed by atoms with Gasteiger partial charge in [0, 0.05) is 17.9 Å². The third-order valence-electron chi connectivity index (χ3n) is 3.53. The van der Waals surface area contributed by atoms with E-state index in [1.165, 1.54) is 42.4 Å². The lowest BCUT2D eigenvalue weighted by Gasteiger charge is -2.17. The van der Waals surface area contributed by atoms with Crippen LogP contribution in [-0.2, 0) is 19.3 Å². The second-order valence-electron chi connectivity index (χ2n) is 5.02. The lowest BCUT2D eigenvalue weighted by molar-refractivity contribution is 0.684. The van der Waals surface area contributed by atoms with E-state index in [9.17, 15) is 0 Å². The fraction of sp³-hybridized carbons (Fsp3) is 0.529. The predicted molar refractivity (Wildman–Crippen MR) is 79.1 cm³/mol. The number of fused-ring (bicyclic) bond motifs is 1. The van der Waals surface area contributed by atoms with Gasteiger partial charge in [-0.3, -0.25) is 0 Å². The van der Waals surface area contributed by atoms with Crippen LogP contribution >= 0.6 is 11.6 Å². The summed E-state index contributed by atoms with van der Waals surface area (Å²) in [4.78, 5) is 0. The summed E-state index contributed by atoms with van der Waals surface area (Å²) in [6.07, 6.45) is 9.13. The Morgan fingerprint density at radius 3 is 2.44 bits per heavy atom. The second-order valence-corrected chi connectivity index (χ2v) is 5.43. The van der Waals surface area contributed by atoms with Crippen LogP contribution in [-0.4, -0.2) is 0 Å². The summed E-state index contributed by atoms with van der Waals surface area (Å²) in [6, 6.07) is 4.50. The van der Waals surface area contributed by atoms with Crippen molar-refractivity contribution in [3.8, 4) is 11.8 Å². The summed E-state index contributed by atoms with van der Waals surface area (Å²) in [5, 5.41) is 0.938. The summed E-state index contributed by atoms with van der Waals surface area (Å²) in [6.45, 7) is 2.16. The number of halogens is 1. The predicted octanol–water partition coefficient (Wildman–Crippen LogP) is 4.95. The van der Waals surface area contributed by atoms with Gasteiger partial charge in [-0.1, -0.05) is 24.6 Å². The van der Waals surface area contributed by atoms with Crippen LogP contribution in [0, 0.1) is 11.8 Å². The normalized spacial score (nSPS) is 13.7. The van der Waals surface area contributed by atoms with E-state index in [-0.39, 0.29) is 0 Å². The number of hydrogen-bond acceptors (Lipinski definition) is 0. The molecule has 0 radical (unpaired) electrons. The van der Waals surface area contributed by atoms with Gasteiger partial charge in [0.15, 0.2) is 0 Å². The molecule has 0 heterocycles. The van der Waals surface area contributed by atoms with Gasteiger partial charge < -0.3 is 0 Å². The molecule has 1 aromatic rings. The average molecular weight is 261 g/mol. The van der Waals surface area contributed by atoms with E-state index < -0.39 is 0 Å². The third-order valence-corrected chi connectivity index (χ3v) is 3.88. The topological polar surface area (TPSA) is 0 Å². The maximum absolute atomic E-state index is 6.35. The van der Waals surface area contributed by atoms with Crippen LogP contribution in [0.3, 0.4) is 0 Å². The van der Waals surface area contributed by atoms with Crippen LogP contribution in [0.4, 0.5) is 0 Å². The molecular weight excluding hydrogens is 240 g/mol. The van der Waals surface area contributed by atoms with Gasteiger partial charge in [0.2, 0.25) is 0 Å². The van der Waals surface area contributed by atoms with Gasteiger partial charge in [0.25, 0.3) is 0 Å². The number of hydrogen-bond donors (Lipinski definition) is 0. The SMILES string of the molecule is CCCC#CCCc1cc2c(cc1Cl)CCCC2. The van der Waals surface area contributed by atoms with Crippen LogP contribution in [0.15, 0.2) is 12.1 Å². The molecule has 0 aromatic heterocycles. The molecule has 0 nitrogen and oxygen atoms in total. The molecule has 2 rings (SSSR count). The molecule has 0 unspecified atom stereocenters. The lowest BCUT2D eigenvalue weighted by Crippen LogP contribution is -2.04. The Morgan fingerprint density at radius 1 is 1.06 bits per heavy atom. The highest BCUT2D eigenvalue weighted by Crippen LogP contribution is 2.28. The first kappa shape index (κ1) is 13.5. The molecule has 0 aliphatic heterocycles. The molecule has 0 saturated heterocycles. The van der Waals surface area contributed by atoms with Gasteiger partial charge >= 0.3 is 0 Å². The smallest absolute Gasteiger partial charge is 0.0441 e. The van der Waals surface area contributed by atoms with Crippen LogP contribution in [0.2, 0.25) is 5.02 Å². The van der Waals surface area contributed by atoms with Gasteiger partial charge in [-0.15, -0.1) is 11.8 Å². The molecule has 0 spiro atoms. The molecule has 1 heteroatoms. The first-order chi connectivity index (χ1) is 8.81. The molecule has 0 fully saturated rings. The second kappa shape index (κ2) is 6.86. The van der Waals surface area contributed by atoms with E-state index in [1.807, 2.05) is 0 Å². The Hall–Kier alpha value is -0.930. The highest BCUT2D eigenvalue weighted by atomic mass is 35.5. The number of aryl methyl sites for hydroxylation is 3. The van der Waals surface area contributed by atoms with Gasteiger partial charge in [0.05, 0.1) is 0 Å². The Morgan fingerprint density at radius 2 is 1.72 bits per heavy atom. The van der Waals surface area contributed by atoms with E-state index >= 15 is 0 Å². The third kappa shape index (κ3) is 3.53. The van der Waals surface area contributed by atoms with Crippen molar-refractivity contribution < 1.29 is 0 Å². The molecule has 0 bridgehead atoms. The summed E-state index contributed by atoms with van der Waals surface area (Å²) in [7, 11) is 0. The quantitative estimate of drug-likeness (QED) is 0.674. The zero-order valence-electron chi connectivity index (χ0n) is 11.2. The minimum atomic E-state index is 0.929.